The van der Waals surface area contributed by atoms with Crippen LogP contribution < -0.4 is 15.0 Å². The van der Waals surface area contributed by atoms with Gasteiger partial charge in [0.05, 0.1) is 19.0 Å². The normalized spacial score (nSPS) is 20.3. The fraction of sp³-hybridized carbons (Fsp3) is 0.444. The summed E-state index contributed by atoms with van der Waals surface area (Å²) >= 11 is 0. The highest BCUT2D eigenvalue weighted by atomic mass is 16.5. The summed E-state index contributed by atoms with van der Waals surface area (Å²) in [5, 5.41) is 3.35. The Morgan fingerprint density at radius 1 is 1.17 bits per heavy atom. The summed E-state index contributed by atoms with van der Waals surface area (Å²) in [6.45, 7) is 4.59. The zero-order chi connectivity index (χ0) is 15.5. The number of fused-ring (bicyclic) bond motifs is 1. The smallest absolute Gasteiger partial charge is 0.234 e. The number of hydrogen-bond donors (Lipinski definition) is 1. The van der Waals surface area contributed by atoms with E-state index in [1.165, 1.54) is 11.1 Å². The van der Waals surface area contributed by atoms with Crippen molar-refractivity contribution in [3.63, 3.8) is 0 Å². The zero-order valence-corrected chi connectivity index (χ0v) is 13.2. The number of hydrogen-bond acceptors (Lipinski definition) is 5. The molecular weight excluding hydrogens is 288 g/mol. The first-order valence-corrected chi connectivity index (χ1v) is 8.38. The number of aromatic nitrogens is 2. The van der Waals surface area contributed by atoms with Crippen LogP contribution in [0.4, 0.5) is 5.82 Å². The number of nitrogens with one attached hydrogen (secondary N) is 1. The summed E-state index contributed by atoms with van der Waals surface area (Å²) in [5.74, 6) is 2.01. The maximum absolute atomic E-state index is 5.96. The highest BCUT2D eigenvalue weighted by molar-refractivity contribution is 5.38. The van der Waals surface area contributed by atoms with Crippen molar-refractivity contribution in [2.24, 2.45) is 0 Å². The van der Waals surface area contributed by atoms with E-state index >= 15 is 0 Å². The van der Waals surface area contributed by atoms with Gasteiger partial charge in [0.1, 0.15) is 0 Å². The molecule has 2 heterocycles. The van der Waals surface area contributed by atoms with Crippen LogP contribution in [0.2, 0.25) is 0 Å². The summed E-state index contributed by atoms with van der Waals surface area (Å²) in [6, 6.07) is 8.67. The Balaban J connectivity index is 1.42. The van der Waals surface area contributed by atoms with Gasteiger partial charge in [-0.2, -0.15) is 4.98 Å². The second kappa shape index (κ2) is 6.54. The van der Waals surface area contributed by atoms with Gasteiger partial charge >= 0.3 is 0 Å². The molecule has 1 saturated heterocycles. The Hall–Kier alpha value is -2.14. The minimum absolute atomic E-state index is 0.468. The topological polar surface area (TPSA) is 50.3 Å². The largest absolute Gasteiger partial charge is 0.476 e. The quantitative estimate of drug-likeness (QED) is 0.936. The molecule has 0 spiro atoms. The molecule has 120 valence electrons. The van der Waals surface area contributed by atoms with E-state index in [2.05, 4.69) is 44.5 Å². The Kier molecular flexibility index (Phi) is 4.11. The number of ether oxygens (including phenoxy) is 1. The van der Waals surface area contributed by atoms with Gasteiger partial charge in [0.15, 0.2) is 5.82 Å². The SMILES string of the molecule is c1ccc2c(c1)CCC2COc1cncc(N2CCNCC2)n1. The lowest BCUT2D eigenvalue weighted by atomic mass is 10.0. The summed E-state index contributed by atoms with van der Waals surface area (Å²) in [4.78, 5) is 11.2. The van der Waals surface area contributed by atoms with E-state index in [0.717, 1.165) is 44.8 Å². The van der Waals surface area contributed by atoms with Gasteiger partial charge in [-0.15, -0.1) is 0 Å². The maximum atomic E-state index is 5.96. The molecule has 2 aliphatic rings. The molecule has 2 aromatic rings. The van der Waals surface area contributed by atoms with Crippen molar-refractivity contribution >= 4 is 5.82 Å². The fourth-order valence-corrected chi connectivity index (χ4v) is 3.46. The number of anilines is 1. The average Bonchev–Trinajstić information content (AvgIpc) is 3.04. The third kappa shape index (κ3) is 3.15. The van der Waals surface area contributed by atoms with Gasteiger partial charge in [0, 0.05) is 32.1 Å². The van der Waals surface area contributed by atoms with Crippen molar-refractivity contribution in [3.8, 4) is 5.88 Å². The predicted molar refractivity (Wildman–Crippen MR) is 90.1 cm³/mol. The van der Waals surface area contributed by atoms with E-state index in [1.807, 2.05) is 6.20 Å². The van der Waals surface area contributed by atoms with Gasteiger partial charge in [-0.25, -0.2) is 0 Å². The number of nitrogens with zero attached hydrogens (tertiary/aromatic N) is 3. The molecule has 5 nitrogen and oxygen atoms in total. The van der Waals surface area contributed by atoms with Crippen LogP contribution in [0.3, 0.4) is 0 Å². The monoisotopic (exact) mass is 310 g/mol. The van der Waals surface area contributed by atoms with Crippen LogP contribution in [0.5, 0.6) is 5.88 Å². The van der Waals surface area contributed by atoms with Crippen LogP contribution in [0.1, 0.15) is 23.5 Å². The predicted octanol–water partition coefficient (Wildman–Crippen LogP) is 1.99. The van der Waals surface area contributed by atoms with E-state index in [0.29, 0.717) is 18.4 Å². The number of aryl methyl sites for hydroxylation is 1. The van der Waals surface area contributed by atoms with Crippen LogP contribution in [-0.2, 0) is 6.42 Å². The molecule has 1 aromatic heterocycles. The van der Waals surface area contributed by atoms with Crippen LogP contribution in [0.15, 0.2) is 36.7 Å². The van der Waals surface area contributed by atoms with Crippen molar-refractivity contribution < 1.29 is 4.74 Å². The zero-order valence-electron chi connectivity index (χ0n) is 13.2. The number of benzene rings is 1. The summed E-state index contributed by atoms with van der Waals surface area (Å²) in [5.41, 5.74) is 2.89. The summed E-state index contributed by atoms with van der Waals surface area (Å²) in [6.07, 6.45) is 5.84. The molecule has 0 bridgehead atoms. The van der Waals surface area contributed by atoms with Gasteiger partial charge in [-0.3, -0.25) is 4.98 Å². The van der Waals surface area contributed by atoms with E-state index in [9.17, 15) is 0 Å². The summed E-state index contributed by atoms with van der Waals surface area (Å²) in [7, 11) is 0. The first-order chi connectivity index (χ1) is 11.4. The van der Waals surface area contributed by atoms with Crippen molar-refractivity contribution in [1.29, 1.82) is 0 Å². The van der Waals surface area contributed by atoms with Crippen LogP contribution >= 0.6 is 0 Å². The molecule has 0 saturated carbocycles. The molecule has 4 rings (SSSR count). The second-order valence-corrected chi connectivity index (χ2v) is 6.20. The minimum atomic E-state index is 0.468. The van der Waals surface area contributed by atoms with Gasteiger partial charge in [-0.05, 0) is 24.0 Å². The first-order valence-electron chi connectivity index (χ1n) is 8.38. The highest BCUT2D eigenvalue weighted by Crippen LogP contribution is 2.33. The average molecular weight is 310 g/mol. The molecule has 1 fully saturated rings. The molecule has 1 atom stereocenters. The van der Waals surface area contributed by atoms with E-state index in [1.54, 1.807) is 6.20 Å². The fourth-order valence-electron chi connectivity index (χ4n) is 3.46. The number of piperazine rings is 1. The lowest BCUT2D eigenvalue weighted by Crippen LogP contribution is -2.43. The molecule has 1 aromatic carbocycles. The second-order valence-electron chi connectivity index (χ2n) is 6.20. The van der Waals surface area contributed by atoms with E-state index in [4.69, 9.17) is 4.74 Å². The molecule has 1 aliphatic carbocycles. The van der Waals surface area contributed by atoms with Gasteiger partial charge in [0.25, 0.3) is 0 Å². The Bertz CT molecular complexity index is 670. The maximum Gasteiger partial charge on any atom is 0.234 e. The van der Waals surface area contributed by atoms with E-state index < -0.39 is 0 Å². The molecule has 5 heteroatoms. The molecule has 1 N–H and O–H groups in total. The standard InChI is InChI=1S/C18H22N4O/c1-2-4-16-14(3-1)5-6-15(16)13-23-18-12-20-11-17(21-18)22-9-7-19-8-10-22/h1-4,11-12,15,19H,5-10,13H2. The molecule has 1 unspecified atom stereocenters. The third-order valence-electron chi connectivity index (χ3n) is 4.73. The van der Waals surface area contributed by atoms with E-state index in [-0.39, 0.29) is 0 Å². The van der Waals surface area contributed by atoms with Crippen molar-refractivity contribution in [3.05, 3.63) is 47.8 Å². The third-order valence-corrected chi connectivity index (χ3v) is 4.73. The molecule has 0 radical (unpaired) electrons. The summed E-state index contributed by atoms with van der Waals surface area (Å²) < 4.78 is 5.96. The molecule has 23 heavy (non-hydrogen) atoms. The Morgan fingerprint density at radius 3 is 2.96 bits per heavy atom. The lowest BCUT2D eigenvalue weighted by molar-refractivity contribution is 0.276. The minimum Gasteiger partial charge on any atom is -0.476 e. The highest BCUT2D eigenvalue weighted by Gasteiger charge is 2.22. The number of rotatable bonds is 4. The lowest BCUT2D eigenvalue weighted by Gasteiger charge is -2.28. The van der Waals surface area contributed by atoms with Crippen molar-refractivity contribution in [2.45, 2.75) is 18.8 Å². The van der Waals surface area contributed by atoms with Gasteiger partial charge < -0.3 is 15.0 Å². The van der Waals surface area contributed by atoms with Crippen molar-refractivity contribution in [2.75, 3.05) is 37.7 Å². The van der Waals surface area contributed by atoms with Gasteiger partial charge in [0.2, 0.25) is 5.88 Å². The molecular formula is C18H22N4O. The Labute approximate surface area is 136 Å². The van der Waals surface area contributed by atoms with Crippen LogP contribution in [0, 0.1) is 0 Å². The molecule has 0 amide bonds. The molecule has 1 aliphatic heterocycles. The van der Waals surface area contributed by atoms with Crippen LogP contribution in [-0.4, -0.2) is 42.8 Å². The van der Waals surface area contributed by atoms with Crippen molar-refractivity contribution in [1.82, 2.24) is 15.3 Å². The Morgan fingerprint density at radius 2 is 2.04 bits per heavy atom. The first kappa shape index (κ1) is 14.5. The van der Waals surface area contributed by atoms with Crippen LogP contribution in [0.25, 0.3) is 0 Å². The van der Waals surface area contributed by atoms with Gasteiger partial charge in [-0.1, -0.05) is 24.3 Å².